The first-order valence-electron chi connectivity index (χ1n) is 7.44. The molecule has 0 radical (unpaired) electrons. The lowest BCUT2D eigenvalue weighted by molar-refractivity contribution is -0.908. The minimum Gasteiger partial charge on any atom is -0.370 e. The summed E-state index contributed by atoms with van der Waals surface area (Å²) in [6, 6.07) is 21.7. The lowest BCUT2D eigenvalue weighted by Crippen LogP contribution is -3.14. The molecule has 0 atom stereocenters. The van der Waals surface area contributed by atoms with E-state index in [1.54, 1.807) is 4.90 Å². The van der Waals surface area contributed by atoms with Crippen molar-refractivity contribution in [3.63, 3.8) is 0 Å². The number of rotatable bonds is 4. The van der Waals surface area contributed by atoms with Gasteiger partial charge in [0.15, 0.2) is 0 Å². The number of quaternary nitrogens is 1. The quantitative estimate of drug-likeness (QED) is 0.891. The van der Waals surface area contributed by atoms with E-state index in [-0.39, 0.29) is 0 Å². The molecule has 2 heteroatoms. The van der Waals surface area contributed by atoms with Crippen LogP contribution in [0.2, 0.25) is 0 Å². The van der Waals surface area contributed by atoms with Gasteiger partial charge in [-0.25, -0.2) is 0 Å². The van der Waals surface area contributed by atoms with Gasteiger partial charge in [0, 0.05) is 0 Å². The monoisotopic (exact) mass is 268 g/mol. The van der Waals surface area contributed by atoms with Crippen molar-refractivity contribution in [1.29, 1.82) is 0 Å². The average Bonchev–Trinajstić information content (AvgIpc) is 2.55. The van der Waals surface area contributed by atoms with Crippen LogP contribution in [0.4, 0.5) is 0 Å². The van der Waals surface area contributed by atoms with Crippen LogP contribution >= 0.6 is 0 Å². The Hall–Kier alpha value is -1.64. The fourth-order valence-electron chi connectivity index (χ4n) is 2.95. The van der Waals surface area contributed by atoms with Crippen molar-refractivity contribution in [2.24, 2.45) is 0 Å². The molecule has 0 bridgehead atoms. The van der Waals surface area contributed by atoms with Crippen LogP contribution in [0, 0.1) is 0 Å². The lowest BCUT2D eigenvalue weighted by atomic mass is 9.90. The van der Waals surface area contributed by atoms with Gasteiger partial charge in [-0.05, 0) is 11.1 Å². The Balaban J connectivity index is 1.83. The largest absolute Gasteiger partial charge is 0.370 e. The second kappa shape index (κ2) is 6.69. The third-order valence-corrected chi connectivity index (χ3v) is 4.10. The highest BCUT2D eigenvalue weighted by Crippen LogP contribution is 2.22. The SMILES string of the molecule is c1ccc(C(C[NH+]2CCOCC2)c2ccccc2)cc1. The van der Waals surface area contributed by atoms with Crippen LogP contribution in [-0.4, -0.2) is 32.8 Å². The van der Waals surface area contributed by atoms with Gasteiger partial charge in [-0.2, -0.15) is 0 Å². The molecule has 1 aliphatic rings. The Kier molecular flexibility index (Phi) is 4.46. The number of nitrogens with one attached hydrogen (secondary N) is 1. The molecular formula is C18H22NO+. The van der Waals surface area contributed by atoms with Crippen LogP contribution < -0.4 is 4.90 Å². The molecule has 1 saturated heterocycles. The van der Waals surface area contributed by atoms with E-state index in [1.165, 1.54) is 11.1 Å². The van der Waals surface area contributed by atoms with Crippen molar-refractivity contribution in [3.8, 4) is 0 Å². The molecule has 1 fully saturated rings. The van der Waals surface area contributed by atoms with Gasteiger partial charge in [0.1, 0.15) is 13.1 Å². The Morgan fingerprint density at radius 1 is 0.800 bits per heavy atom. The van der Waals surface area contributed by atoms with Crippen LogP contribution in [-0.2, 0) is 4.74 Å². The molecule has 2 aromatic carbocycles. The van der Waals surface area contributed by atoms with Crippen LogP contribution in [0.25, 0.3) is 0 Å². The minimum absolute atomic E-state index is 0.477. The average molecular weight is 268 g/mol. The third kappa shape index (κ3) is 3.27. The molecular weight excluding hydrogens is 246 g/mol. The van der Waals surface area contributed by atoms with Crippen molar-refractivity contribution in [2.45, 2.75) is 5.92 Å². The molecule has 1 heterocycles. The topological polar surface area (TPSA) is 13.7 Å². The van der Waals surface area contributed by atoms with Gasteiger partial charge in [-0.1, -0.05) is 60.7 Å². The summed E-state index contributed by atoms with van der Waals surface area (Å²) >= 11 is 0. The molecule has 104 valence electrons. The van der Waals surface area contributed by atoms with Gasteiger partial charge in [0.25, 0.3) is 0 Å². The molecule has 0 aromatic heterocycles. The number of benzene rings is 2. The second-order valence-electron chi connectivity index (χ2n) is 5.44. The first kappa shape index (κ1) is 13.3. The molecule has 20 heavy (non-hydrogen) atoms. The van der Waals surface area contributed by atoms with E-state index in [0.717, 1.165) is 32.8 Å². The highest BCUT2D eigenvalue weighted by Gasteiger charge is 2.22. The molecule has 0 saturated carbocycles. The Morgan fingerprint density at radius 2 is 1.30 bits per heavy atom. The van der Waals surface area contributed by atoms with Gasteiger partial charge in [0.05, 0.1) is 25.7 Å². The van der Waals surface area contributed by atoms with E-state index in [0.29, 0.717) is 5.92 Å². The number of ether oxygens (including phenoxy) is 1. The number of hydrogen-bond donors (Lipinski definition) is 1. The first-order valence-corrected chi connectivity index (χ1v) is 7.44. The third-order valence-electron chi connectivity index (χ3n) is 4.10. The van der Waals surface area contributed by atoms with Crippen LogP contribution in [0.15, 0.2) is 60.7 Å². The predicted molar refractivity (Wildman–Crippen MR) is 81.1 cm³/mol. The van der Waals surface area contributed by atoms with Crippen LogP contribution in [0.1, 0.15) is 17.0 Å². The highest BCUT2D eigenvalue weighted by molar-refractivity contribution is 5.32. The van der Waals surface area contributed by atoms with Crippen molar-refractivity contribution in [3.05, 3.63) is 71.8 Å². The molecule has 0 amide bonds. The summed E-state index contributed by atoms with van der Waals surface area (Å²) < 4.78 is 5.47. The fourth-order valence-corrected chi connectivity index (χ4v) is 2.95. The Bertz CT molecular complexity index is 466. The Morgan fingerprint density at radius 3 is 1.80 bits per heavy atom. The van der Waals surface area contributed by atoms with E-state index in [9.17, 15) is 0 Å². The maximum atomic E-state index is 5.47. The summed E-state index contributed by atoms with van der Waals surface area (Å²) in [7, 11) is 0. The van der Waals surface area contributed by atoms with E-state index in [1.807, 2.05) is 0 Å². The molecule has 2 nitrogen and oxygen atoms in total. The Labute approximate surface area is 121 Å². The zero-order valence-electron chi connectivity index (χ0n) is 11.8. The van der Waals surface area contributed by atoms with Gasteiger partial charge in [-0.3, -0.25) is 0 Å². The fraction of sp³-hybridized carbons (Fsp3) is 0.333. The smallest absolute Gasteiger partial charge is 0.101 e. The summed E-state index contributed by atoms with van der Waals surface area (Å²) in [5, 5.41) is 0. The zero-order chi connectivity index (χ0) is 13.6. The van der Waals surface area contributed by atoms with Gasteiger partial charge in [0.2, 0.25) is 0 Å². The van der Waals surface area contributed by atoms with E-state index >= 15 is 0 Å². The van der Waals surface area contributed by atoms with Crippen LogP contribution in [0.5, 0.6) is 0 Å². The van der Waals surface area contributed by atoms with Gasteiger partial charge < -0.3 is 9.64 Å². The molecule has 1 aliphatic heterocycles. The van der Waals surface area contributed by atoms with E-state index in [4.69, 9.17) is 4.74 Å². The molecule has 1 N–H and O–H groups in total. The summed E-state index contributed by atoms with van der Waals surface area (Å²) in [6.45, 7) is 5.18. The molecule has 0 spiro atoms. The zero-order valence-corrected chi connectivity index (χ0v) is 11.8. The van der Waals surface area contributed by atoms with Crippen molar-refractivity contribution in [1.82, 2.24) is 0 Å². The highest BCUT2D eigenvalue weighted by atomic mass is 16.5. The summed E-state index contributed by atoms with van der Waals surface area (Å²) in [6.07, 6.45) is 0. The predicted octanol–water partition coefficient (Wildman–Crippen LogP) is 1.73. The lowest BCUT2D eigenvalue weighted by Gasteiger charge is -2.28. The maximum Gasteiger partial charge on any atom is 0.101 e. The molecule has 0 unspecified atom stereocenters. The minimum atomic E-state index is 0.477. The first-order chi connectivity index (χ1) is 9.93. The summed E-state index contributed by atoms with van der Waals surface area (Å²) in [4.78, 5) is 1.65. The summed E-state index contributed by atoms with van der Waals surface area (Å²) in [5.41, 5.74) is 2.83. The van der Waals surface area contributed by atoms with E-state index < -0.39 is 0 Å². The number of hydrogen-bond acceptors (Lipinski definition) is 1. The van der Waals surface area contributed by atoms with Gasteiger partial charge >= 0.3 is 0 Å². The van der Waals surface area contributed by atoms with Gasteiger partial charge in [-0.15, -0.1) is 0 Å². The van der Waals surface area contributed by atoms with E-state index in [2.05, 4.69) is 60.7 Å². The van der Waals surface area contributed by atoms with Crippen LogP contribution in [0.3, 0.4) is 0 Å². The normalized spacial score (nSPS) is 16.4. The van der Waals surface area contributed by atoms with Crippen molar-refractivity contribution in [2.75, 3.05) is 32.8 Å². The van der Waals surface area contributed by atoms with Crippen molar-refractivity contribution < 1.29 is 9.64 Å². The summed E-state index contributed by atoms with van der Waals surface area (Å²) in [5.74, 6) is 0.477. The molecule has 3 rings (SSSR count). The standard InChI is InChI=1S/C18H21NO/c1-3-7-16(8-4-1)18(17-9-5-2-6-10-17)15-19-11-13-20-14-12-19/h1-10,18H,11-15H2/p+1. The number of morpholine rings is 1. The maximum absolute atomic E-state index is 5.47. The molecule has 0 aliphatic carbocycles. The molecule has 2 aromatic rings. The van der Waals surface area contributed by atoms with Crippen molar-refractivity contribution >= 4 is 0 Å². The second-order valence-corrected chi connectivity index (χ2v) is 5.44.